The van der Waals surface area contributed by atoms with Gasteiger partial charge in [-0.05, 0) is 54.7 Å². The Morgan fingerprint density at radius 1 is 0.742 bits per heavy atom. The van der Waals surface area contributed by atoms with Gasteiger partial charge in [0, 0.05) is 12.2 Å². The smallest absolute Gasteiger partial charge is 0.330 e. The fourth-order valence-electron chi connectivity index (χ4n) is 2.91. The molecule has 31 heavy (non-hydrogen) atoms. The number of carbonyl (C=O) groups is 2. The van der Waals surface area contributed by atoms with E-state index in [4.69, 9.17) is 18.9 Å². The number of hydrogen-bond acceptors (Lipinski definition) is 6. The van der Waals surface area contributed by atoms with Crippen LogP contribution in [0.5, 0.6) is 11.5 Å². The lowest BCUT2D eigenvalue weighted by Gasteiger charge is -2.12. The Labute approximate surface area is 183 Å². The van der Waals surface area contributed by atoms with Gasteiger partial charge in [0.1, 0.15) is 37.9 Å². The van der Waals surface area contributed by atoms with Crippen molar-refractivity contribution in [2.45, 2.75) is 20.3 Å². The topological polar surface area (TPSA) is 71.1 Å². The van der Waals surface area contributed by atoms with Crippen molar-refractivity contribution in [1.29, 1.82) is 0 Å². The van der Waals surface area contributed by atoms with E-state index in [2.05, 4.69) is 25.3 Å². The molecule has 0 aliphatic heterocycles. The summed E-state index contributed by atoms with van der Waals surface area (Å²) < 4.78 is 21.2. The van der Waals surface area contributed by atoms with Crippen molar-refractivity contribution in [3.63, 3.8) is 0 Å². The lowest BCUT2D eigenvalue weighted by Crippen LogP contribution is -2.10. The number of hydrogen-bond donors (Lipinski definition) is 0. The minimum atomic E-state index is -0.460. The van der Waals surface area contributed by atoms with Crippen LogP contribution in [0.2, 0.25) is 0 Å². The fraction of sp³-hybridized carbons (Fsp3) is 0.280. The fourth-order valence-corrected chi connectivity index (χ4v) is 2.91. The number of rotatable bonds is 12. The average molecular weight is 424 g/mol. The highest BCUT2D eigenvalue weighted by Crippen LogP contribution is 2.24. The molecule has 0 fully saturated rings. The molecule has 0 bridgehead atoms. The molecule has 0 radical (unpaired) electrons. The third-order valence-electron chi connectivity index (χ3n) is 4.39. The van der Waals surface area contributed by atoms with Gasteiger partial charge < -0.3 is 18.9 Å². The van der Waals surface area contributed by atoms with Crippen molar-refractivity contribution < 1.29 is 28.5 Å². The van der Waals surface area contributed by atoms with Gasteiger partial charge in [-0.25, -0.2) is 9.59 Å². The zero-order valence-electron chi connectivity index (χ0n) is 18.0. The van der Waals surface area contributed by atoms with Crippen LogP contribution in [0.1, 0.15) is 22.3 Å². The predicted molar refractivity (Wildman–Crippen MR) is 118 cm³/mol. The van der Waals surface area contributed by atoms with Crippen molar-refractivity contribution in [3.05, 3.63) is 84.0 Å². The zero-order valence-corrected chi connectivity index (χ0v) is 18.0. The molecular weight excluding hydrogens is 396 g/mol. The summed E-state index contributed by atoms with van der Waals surface area (Å²) in [7, 11) is 0. The molecule has 0 spiro atoms. The van der Waals surface area contributed by atoms with Crippen LogP contribution in [0.25, 0.3) is 0 Å². The zero-order chi connectivity index (χ0) is 22.6. The number of esters is 2. The van der Waals surface area contributed by atoms with E-state index in [1.165, 1.54) is 0 Å². The maximum absolute atomic E-state index is 11.0. The second-order valence-electron chi connectivity index (χ2n) is 6.82. The molecule has 0 aromatic heterocycles. The summed E-state index contributed by atoms with van der Waals surface area (Å²) in [6.45, 7) is 11.6. The third-order valence-corrected chi connectivity index (χ3v) is 4.39. The standard InChI is InChI=1S/C25H28O6/c1-5-24(26)30-13-11-28-22-9-7-20(15-18(22)3)17-21-8-10-23(19(4)16-21)29-12-14-31-25(27)6-2/h5-10,15-16H,1-2,11-14,17H2,3-4H3. The lowest BCUT2D eigenvalue weighted by molar-refractivity contribution is -0.139. The molecule has 2 aromatic carbocycles. The largest absolute Gasteiger partial charge is 0.490 e. The Bertz CT molecular complexity index is 856. The van der Waals surface area contributed by atoms with Crippen LogP contribution in [0, 0.1) is 13.8 Å². The molecule has 6 nitrogen and oxygen atoms in total. The van der Waals surface area contributed by atoms with Gasteiger partial charge >= 0.3 is 11.9 Å². The van der Waals surface area contributed by atoms with E-state index in [1.807, 2.05) is 38.1 Å². The highest BCUT2D eigenvalue weighted by Gasteiger charge is 2.06. The van der Waals surface area contributed by atoms with Crippen molar-refractivity contribution in [3.8, 4) is 11.5 Å². The maximum Gasteiger partial charge on any atom is 0.330 e. The van der Waals surface area contributed by atoms with Crippen molar-refractivity contribution in [2.75, 3.05) is 26.4 Å². The second-order valence-corrected chi connectivity index (χ2v) is 6.82. The van der Waals surface area contributed by atoms with Crippen molar-refractivity contribution in [1.82, 2.24) is 0 Å². The van der Waals surface area contributed by atoms with E-state index in [9.17, 15) is 9.59 Å². The Morgan fingerprint density at radius 3 is 1.52 bits per heavy atom. The molecule has 0 atom stereocenters. The van der Waals surface area contributed by atoms with Gasteiger partial charge in [0.05, 0.1) is 0 Å². The van der Waals surface area contributed by atoms with E-state index in [0.29, 0.717) is 0 Å². The summed E-state index contributed by atoms with van der Waals surface area (Å²) >= 11 is 0. The van der Waals surface area contributed by atoms with Gasteiger partial charge in [-0.1, -0.05) is 37.4 Å². The predicted octanol–water partition coefficient (Wildman–Crippen LogP) is 4.11. The van der Waals surface area contributed by atoms with Crippen LogP contribution < -0.4 is 9.47 Å². The minimum absolute atomic E-state index is 0.177. The molecule has 0 unspecified atom stereocenters. The number of ether oxygens (including phenoxy) is 4. The molecule has 2 rings (SSSR count). The first kappa shape index (κ1) is 23.7. The summed E-state index contributed by atoms with van der Waals surface area (Å²) in [6.07, 6.45) is 3.03. The summed E-state index contributed by atoms with van der Waals surface area (Å²) in [6, 6.07) is 12.1. The molecule has 0 aliphatic rings. The highest BCUT2D eigenvalue weighted by molar-refractivity contribution is 5.81. The number of aryl methyl sites for hydroxylation is 2. The third kappa shape index (κ3) is 8.01. The molecule has 0 saturated carbocycles. The Kier molecular flexibility index (Phi) is 9.36. The van der Waals surface area contributed by atoms with Crippen LogP contribution in [0.15, 0.2) is 61.7 Å². The van der Waals surface area contributed by atoms with E-state index >= 15 is 0 Å². The van der Waals surface area contributed by atoms with Crippen molar-refractivity contribution >= 4 is 11.9 Å². The molecule has 0 aliphatic carbocycles. The van der Waals surface area contributed by atoms with E-state index in [1.54, 1.807) is 0 Å². The first-order valence-corrected chi connectivity index (χ1v) is 9.96. The Morgan fingerprint density at radius 2 is 1.16 bits per heavy atom. The van der Waals surface area contributed by atoms with Gasteiger partial charge in [0.2, 0.25) is 0 Å². The number of benzene rings is 2. The molecule has 164 valence electrons. The normalized spacial score (nSPS) is 10.1. The van der Waals surface area contributed by atoms with Crippen molar-refractivity contribution in [2.24, 2.45) is 0 Å². The van der Waals surface area contributed by atoms with E-state index in [-0.39, 0.29) is 26.4 Å². The summed E-state index contributed by atoms with van der Waals surface area (Å²) in [5.41, 5.74) is 4.34. The Hall–Kier alpha value is -3.54. The van der Waals surface area contributed by atoms with Gasteiger partial charge in [0.25, 0.3) is 0 Å². The van der Waals surface area contributed by atoms with Crippen LogP contribution in [-0.2, 0) is 25.5 Å². The molecule has 0 amide bonds. The molecule has 0 N–H and O–H groups in total. The van der Waals surface area contributed by atoms with Gasteiger partial charge in [0.15, 0.2) is 0 Å². The van der Waals surface area contributed by atoms with Crippen LogP contribution >= 0.6 is 0 Å². The van der Waals surface area contributed by atoms with Crippen LogP contribution in [-0.4, -0.2) is 38.4 Å². The highest BCUT2D eigenvalue weighted by atomic mass is 16.6. The van der Waals surface area contributed by atoms with Gasteiger partial charge in [-0.3, -0.25) is 0 Å². The van der Waals surface area contributed by atoms with Gasteiger partial charge in [-0.2, -0.15) is 0 Å². The van der Waals surface area contributed by atoms with Crippen LogP contribution in [0.4, 0.5) is 0 Å². The summed E-state index contributed by atoms with van der Waals surface area (Å²) in [4.78, 5) is 22.1. The molecule has 0 saturated heterocycles. The maximum atomic E-state index is 11.0. The quantitative estimate of drug-likeness (QED) is 0.290. The molecule has 2 aromatic rings. The monoisotopic (exact) mass is 424 g/mol. The second kappa shape index (κ2) is 12.2. The first-order valence-electron chi connectivity index (χ1n) is 9.96. The molecule has 0 heterocycles. The first-order chi connectivity index (χ1) is 14.9. The van der Waals surface area contributed by atoms with E-state index in [0.717, 1.165) is 52.3 Å². The van der Waals surface area contributed by atoms with E-state index < -0.39 is 11.9 Å². The Balaban J connectivity index is 1.87. The summed E-state index contributed by atoms with van der Waals surface area (Å²) in [5, 5.41) is 0. The average Bonchev–Trinajstić information content (AvgIpc) is 2.76. The van der Waals surface area contributed by atoms with Gasteiger partial charge in [-0.15, -0.1) is 0 Å². The lowest BCUT2D eigenvalue weighted by atomic mass is 10.0. The summed E-state index contributed by atoms with van der Waals surface area (Å²) in [5.74, 6) is 0.600. The number of carbonyl (C=O) groups excluding carboxylic acids is 2. The minimum Gasteiger partial charge on any atom is -0.490 e. The molecule has 6 heteroatoms. The SMILES string of the molecule is C=CC(=O)OCCOc1ccc(Cc2ccc(OCCOC(=O)C=C)c(C)c2)cc1C. The molecular formula is C25H28O6. The van der Waals surface area contributed by atoms with Crippen LogP contribution in [0.3, 0.4) is 0 Å².